The first-order chi connectivity index (χ1) is 10.6. The van der Waals surface area contributed by atoms with Crippen LogP contribution in [-0.4, -0.2) is 22.2 Å². The Morgan fingerprint density at radius 2 is 1.23 bits per heavy atom. The van der Waals surface area contributed by atoms with Gasteiger partial charge in [-0.15, -0.1) is 0 Å². The molecular formula is C16H13NO4S. The first-order valence-corrected chi connectivity index (χ1v) is 7.15. The lowest BCUT2D eigenvalue weighted by Gasteiger charge is -2.19. The van der Waals surface area contributed by atoms with E-state index in [9.17, 15) is 9.59 Å². The van der Waals surface area contributed by atoms with Crippen molar-refractivity contribution in [3.8, 4) is 0 Å². The van der Waals surface area contributed by atoms with Gasteiger partial charge in [-0.2, -0.15) is 0 Å². The number of nitrogens with one attached hydrogen (secondary N) is 1. The fourth-order valence-corrected chi connectivity index (χ4v) is 2.71. The Labute approximate surface area is 131 Å². The van der Waals surface area contributed by atoms with Gasteiger partial charge in [0.2, 0.25) is 0 Å². The summed E-state index contributed by atoms with van der Waals surface area (Å²) in [4.78, 5) is 21.7. The number of fused-ring (bicyclic) bond motifs is 2. The Morgan fingerprint density at radius 3 is 1.64 bits per heavy atom. The molecule has 0 spiro atoms. The zero-order chi connectivity index (χ0) is 15.9. The highest BCUT2D eigenvalue weighted by Crippen LogP contribution is 2.43. The van der Waals surface area contributed by atoms with E-state index >= 15 is 0 Å². The number of carboxylic acid groups (broad SMARTS) is 2. The SMILES string of the molecule is O=C(O)/C=C\C(=O)O.c1ccc2c(c1)Nc1ccccc1S2. The third-order valence-electron chi connectivity index (χ3n) is 2.63. The molecule has 22 heavy (non-hydrogen) atoms. The van der Waals surface area contributed by atoms with Gasteiger partial charge < -0.3 is 15.5 Å². The molecule has 1 aliphatic heterocycles. The number of rotatable bonds is 2. The van der Waals surface area contributed by atoms with E-state index in [1.54, 1.807) is 0 Å². The average molecular weight is 315 g/mol. The summed E-state index contributed by atoms with van der Waals surface area (Å²) in [5.41, 5.74) is 2.41. The standard InChI is InChI=1S/C12H9NS.C4H4O4/c1-3-7-11-9(5-1)13-10-6-2-4-8-12(10)14-11;5-3(6)1-2-4(7)8/h1-8,13H;1-2H,(H,5,6)(H,7,8)/b;2-1-. The number of anilines is 2. The molecule has 0 unspecified atom stereocenters. The summed E-state index contributed by atoms with van der Waals surface area (Å²) < 4.78 is 0. The fraction of sp³-hybridized carbons (Fsp3) is 0. The second-order valence-corrected chi connectivity index (χ2v) is 5.31. The molecule has 0 radical (unpaired) electrons. The van der Waals surface area contributed by atoms with Crippen molar-refractivity contribution in [1.29, 1.82) is 0 Å². The first kappa shape index (κ1) is 15.7. The van der Waals surface area contributed by atoms with Crippen LogP contribution in [0.1, 0.15) is 0 Å². The van der Waals surface area contributed by atoms with Gasteiger partial charge in [0, 0.05) is 21.9 Å². The minimum atomic E-state index is -1.26. The molecule has 6 heteroatoms. The maximum absolute atomic E-state index is 9.55. The molecule has 0 bridgehead atoms. The van der Waals surface area contributed by atoms with Crippen molar-refractivity contribution in [3.05, 3.63) is 60.7 Å². The monoisotopic (exact) mass is 315 g/mol. The molecular weight excluding hydrogens is 302 g/mol. The third-order valence-corrected chi connectivity index (χ3v) is 3.78. The van der Waals surface area contributed by atoms with Crippen LogP contribution in [0.2, 0.25) is 0 Å². The van der Waals surface area contributed by atoms with E-state index in [4.69, 9.17) is 10.2 Å². The van der Waals surface area contributed by atoms with Gasteiger partial charge >= 0.3 is 11.9 Å². The van der Waals surface area contributed by atoms with Crippen LogP contribution in [0, 0.1) is 0 Å². The first-order valence-electron chi connectivity index (χ1n) is 6.33. The zero-order valence-corrected chi connectivity index (χ0v) is 12.2. The van der Waals surface area contributed by atoms with Crippen LogP contribution in [-0.2, 0) is 9.59 Å². The number of hydrogen-bond donors (Lipinski definition) is 3. The molecule has 0 fully saturated rings. The van der Waals surface area contributed by atoms with Gasteiger partial charge in [0.1, 0.15) is 0 Å². The van der Waals surface area contributed by atoms with Gasteiger partial charge in [0.25, 0.3) is 0 Å². The minimum absolute atomic E-state index is 0.558. The Hall–Kier alpha value is -2.73. The van der Waals surface area contributed by atoms with Gasteiger partial charge in [-0.1, -0.05) is 36.0 Å². The molecule has 0 saturated carbocycles. The number of carboxylic acids is 2. The van der Waals surface area contributed by atoms with Crippen LogP contribution >= 0.6 is 11.8 Å². The molecule has 3 rings (SSSR count). The van der Waals surface area contributed by atoms with E-state index in [0.717, 1.165) is 0 Å². The Bertz CT molecular complexity index is 624. The second kappa shape index (κ2) is 7.33. The van der Waals surface area contributed by atoms with E-state index in [2.05, 4.69) is 53.8 Å². The topological polar surface area (TPSA) is 86.6 Å². The van der Waals surface area contributed by atoms with Gasteiger partial charge in [0.15, 0.2) is 0 Å². The maximum Gasteiger partial charge on any atom is 0.328 e. The minimum Gasteiger partial charge on any atom is -0.478 e. The van der Waals surface area contributed by atoms with Crippen LogP contribution in [0.4, 0.5) is 11.4 Å². The molecule has 112 valence electrons. The van der Waals surface area contributed by atoms with Crippen LogP contribution in [0.25, 0.3) is 0 Å². The summed E-state index contributed by atoms with van der Waals surface area (Å²) in [5.74, 6) is -2.51. The lowest BCUT2D eigenvalue weighted by atomic mass is 10.2. The van der Waals surface area contributed by atoms with Crippen molar-refractivity contribution in [2.24, 2.45) is 0 Å². The average Bonchev–Trinajstić information content (AvgIpc) is 2.51. The second-order valence-electron chi connectivity index (χ2n) is 4.23. The number of hydrogen-bond acceptors (Lipinski definition) is 4. The molecule has 0 amide bonds. The van der Waals surface area contributed by atoms with Crippen LogP contribution in [0.5, 0.6) is 0 Å². The predicted molar refractivity (Wildman–Crippen MR) is 84.7 cm³/mol. The van der Waals surface area contributed by atoms with E-state index in [1.165, 1.54) is 21.2 Å². The Balaban J connectivity index is 0.000000192. The van der Waals surface area contributed by atoms with E-state index in [0.29, 0.717) is 12.2 Å². The predicted octanol–water partition coefficient (Wildman–Crippen LogP) is 3.61. The van der Waals surface area contributed by atoms with Crippen molar-refractivity contribution in [2.75, 3.05) is 5.32 Å². The molecule has 2 aromatic rings. The van der Waals surface area contributed by atoms with Gasteiger partial charge in [-0.05, 0) is 24.3 Å². The van der Waals surface area contributed by atoms with Crippen molar-refractivity contribution in [3.63, 3.8) is 0 Å². The molecule has 3 N–H and O–H groups in total. The van der Waals surface area contributed by atoms with Crippen molar-refractivity contribution < 1.29 is 19.8 Å². The molecule has 0 aromatic heterocycles. The highest BCUT2D eigenvalue weighted by atomic mass is 32.2. The highest BCUT2D eigenvalue weighted by Gasteiger charge is 2.13. The highest BCUT2D eigenvalue weighted by molar-refractivity contribution is 7.99. The summed E-state index contributed by atoms with van der Waals surface area (Å²) >= 11 is 1.82. The number of carbonyl (C=O) groups is 2. The van der Waals surface area contributed by atoms with Crippen LogP contribution in [0.3, 0.4) is 0 Å². The molecule has 0 saturated heterocycles. The summed E-state index contributed by atoms with van der Waals surface area (Å²) in [6, 6.07) is 16.8. The zero-order valence-electron chi connectivity index (χ0n) is 11.4. The molecule has 2 aromatic carbocycles. The third kappa shape index (κ3) is 4.39. The van der Waals surface area contributed by atoms with Gasteiger partial charge in [0.05, 0.1) is 11.4 Å². The van der Waals surface area contributed by atoms with E-state index in [1.807, 2.05) is 11.8 Å². The fourth-order valence-electron chi connectivity index (χ4n) is 1.72. The largest absolute Gasteiger partial charge is 0.478 e. The number of para-hydroxylation sites is 2. The smallest absolute Gasteiger partial charge is 0.328 e. The van der Waals surface area contributed by atoms with E-state index in [-0.39, 0.29) is 0 Å². The summed E-state index contributed by atoms with van der Waals surface area (Å²) in [6.45, 7) is 0. The molecule has 0 atom stereocenters. The van der Waals surface area contributed by atoms with Crippen molar-refractivity contribution in [2.45, 2.75) is 9.79 Å². The Kier molecular flexibility index (Phi) is 5.21. The summed E-state index contributed by atoms with van der Waals surface area (Å²) in [5, 5.41) is 19.0. The van der Waals surface area contributed by atoms with Gasteiger partial charge in [-0.3, -0.25) is 0 Å². The quantitative estimate of drug-likeness (QED) is 0.626. The molecule has 1 heterocycles. The maximum atomic E-state index is 9.55. The molecule has 0 aliphatic carbocycles. The van der Waals surface area contributed by atoms with Crippen molar-refractivity contribution in [1.82, 2.24) is 0 Å². The summed E-state index contributed by atoms with van der Waals surface area (Å²) in [7, 11) is 0. The lowest BCUT2D eigenvalue weighted by molar-refractivity contribution is -0.134. The van der Waals surface area contributed by atoms with Crippen molar-refractivity contribution >= 4 is 35.1 Å². The molecule has 5 nitrogen and oxygen atoms in total. The van der Waals surface area contributed by atoms with Crippen LogP contribution in [0.15, 0.2) is 70.5 Å². The number of benzene rings is 2. The van der Waals surface area contributed by atoms with Gasteiger partial charge in [-0.25, -0.2) is 9.59 Å². The number of aliphatic carboxylic acids is 2. The summed E-state index contributed by atoms with van der Waals surface area (Å²) in [6.07, 6.45) is 1.12. The molecule has 1 aliphatic rings. The normalized spacial score (nSPS) is 11.5. The Morgan fingerprint density at radius 1 is 0.818 bits per heavy atom. The lowest BCUT2D eigenvalue weighted by Crippen LogP contribution is -1.98. The van der Waals surface area contributed by atoms with E-state index < -0.39 is 11.9 Å². The van der Waals surface area contributed by atoms with Crippen LogP contribution < -0.4 is 5.32 Å².